The van der Waals surface area contributed by atoms with Crippen molar-refractivity contribution in [1.29, 1.82) is 0 Å². The summed E-state index contributed by atoms with van der Waals surface area (Å²) in [5.41, 5.74) is 3.14. The second-order valence-corrected chi connectivity index (χ2v) is 11.3. The first-order valence-corrected chi connectivity index (χ1v) is 14.4. The summed E-state index contributed by atoms with van der Waals surface area (Å²) >= 11 is 0. The maximum atomic E-state index is 13.7. The van der Waals surface area contributed by atoms with Crippen LogP contribution in [0.1, 0.15) is 26.3 Å². The highest BCUT2D eigenvalue weighted by atomic mass is 32.2. The van der Waals surface area contributed by atoms with Gasteiger partial charge >= 0.3 is 5.97 Å². The van der Waals surface area contributed by atoms with Crippen LogP contribution in [0.25, 0.3) is 33.4 Å². The summed E-state index contributed by atoms with van der Waals surface area (Å²) in [6.07, 6.45) is 1.08. The van der Waals surface area contributed by atoms with E-state index in [9.17, 15) is 27.5 Å². The number of halogens is 1. The standard InChI is InChI=1S/C31H25FN2O6S/c1-33-30(35)28-25-16-24(20-6-4-3-5-7-20)26(17-27(25)40-29(28)21-12-14-23(32)15-13-21)34(41(2,38)39)18-19-8-10-22(11-9-19)31(36)37/h3-17H,18H2,1-2H3,(H,33,35)(H,36,37). The Hall–Kier alpha value is -4.96. The van der Waals surface area contributed by atoms with Gasteiger partial charge in [-0.05, 0) is 53.6 Å². The number of rotatable bonds is 8. The first-order chi connectivity index (χ1) is 19.6. The molecule has 0 fully saturated rings. The zero-order valence-electron chi connectivity index (χ0n) is 22.1. The van der Waals surface area contributed by atoms with Crippen LogP contribution in [-0.4, -0.2) is 38.7 Å². The maximum absolute atomic E-state index is 13.7. The summed E-state index contributed by atoms with van der Waals surface area (Å²) in [6.45, 7) is -0.0854. The van der Waals surface area contributed by atoms with Gasteiger partial charge in [0.15, 0.2) is 0 Å². The van der Waals surface area contributed by atoms with Crippen molar-refractivity contribution in [3.05, 3.63) is 114 Å². The average molecular weight is 573 g/mol. The molecule has 208 valence electrons. The van der Waals surface area contributed by atoms with Crippen molar-refractivity contribution in [2.45, 2.75) is 6.54 Å². The van der Waals surface area contributed by atoms with E-state index in [1.807, 2.05) is 30.3 Å². The van der Waals surface area contributed by atoms with E-state index in [-0.39, 0.29) is 29.0 Å². The smallest absolute Gasteiger partial charge is 0.335 e. The Morgan fingerprint density at radius 1 is 0.927 bits per heavy atom. The number of benzene rings is 4. The SMILES string of the molecule is CNC(=O)c1c(-c2ccc(F)cc2)oc2cc(N(Cc3ccc(C(=O)O)cc3)S(C)(=O)=O)c(-c3ccccc3)cc12. The zero-order valence-corrected chi connectivity index (χ0v) is 22.9. The topological polar surface area (TPSA) is 117 Å². The highest BCUT2D eigenvalue weighted by Crippen LogP contribution is 2.42. The van der Waals surface area contributed by atoms with E-state index in [4.69, 9.17) is 4.42 Å². The number of nitrogens with one attached hydrogen (secondary N) is 1. The summed E-state index contributed by atoms with van der Waals surface area (Å²) in [7, 11) is -2.38. The number of furan rings is 1. The van der Waals surface area contributed by atoms with E-state index in [1.165, 1.54) is 47.8 Å². The predicted octanol–water partition coefficient (Wildman–Crippen LogP) is 5.93. The molecule has 1 heterocycles. The molecule has 5 rings (SSSR count). The normalized spacial score (nSPS) is 11.4. The molecule has 0 aliphatic heterocycles. The van der Waals surface area contributed by atoms with Gasteiger partial charge in [-0.25, -0.2) is 17.6 Å². The lowest BCUT2D eigenvalue weighted by Crippen LogP contribution is -2.29. The van der Waals surface area contributed by atoms with Crippen molar-refractivity contribution in [3.63, 3.8) is 0 Å². The molecular formula is C31H25FN2O6S. The molecule has 0 spiro atoms. The summed E-state index contributed by atoms with van der Waals surface area (Å²) in [4.78, 5) is 24.4. The lowest BCUT2D eigenvalue weighted by atomic mass is 9.98. The summed E-state index contributed by atoms with van der Waals surface area (Å²) in [6, 6.07) is 23.9. The molecule has 0 saturated heterocycles. The van der Waals surface area contributed by atoms with Gasteiger partial charge in [-0.2, -0.15) is 0 Å². The Bertz CT molecular complexity index is 1870. The first kappa shape index (κ1) is 27.6. The van der Waals surface area contributed by atoms with Gasteiger partial charge in [0.2, 0.25) is 10.0 Å². The Morgan fingerprint density at radius 2 is 1.59 bits per heavy atom. The fraction of sp³-hybridized carbons (Fsp3) is 0.0968. The van der Waals surface area contributed by atoms with E-state index in [2.05, 4.69) is 5.32 Å². The molecule has 8 nitrogen and oxygen atoms in total. The Morgan fingerprint density at radius 3 is 2.17 bits per heavy atom. The average Bonchev–Trinajstić information content (AvgIpc) is 3.33. The molecule has 1 aromatic heterocycles. The van der Waals surface area contributed by atoms with E-state index < -0.39 is 27.7 Å². The molecule has 0 radical (unpaired) electrons. The highest BCUT2D eigenvalue weighted by Gasteiger charge is 2.27. The fourth-order valence-corrected chi connectivity index (χ4v) is 5.53. The summed E-state index contributed by atoms with van der Waals surface area (Å²) in [5, 5.41) is 12.3. The van der Waals surface area contributed by atoms with Gasteiger partial charge in [0, 0.05) is 29.6 Å². The zero-order chi connectivity index (χ0) is 29.3. The number of carboxylic acid groups (broad SMARTS) is 1. The number of fused-ring (bicyclic) bond motifs is 1. The number of sulfonamides is 1. The van der Waals surface area contributed by atoms with Crippen molar-refractivity contribution < 1.29 is 31.9 Å². The van der Waals surface area contributed by atoms with E-state index in [0.717, 1.165) is 6.26 Å². The third-order valence-electron chi connectivity index (χ3n) is 6.65. The van der Waals surface area contributed by atoms with Crippen LogP contribution in [0.2, 0.25) is 0 Å². The Kier molecular flexibility index (Phi) is 7.34. The van der Waals surface area contributed by atoms with Crippen LogP contribution in [0.5, 0.6) is 0 Å². The van der Waals surface area contributed by atoms with Crippen LogP contribution in [0.15, 0.2) is 95.4 Å². The minimum absolute atomic E-state index is 0.0803. The van der Waals surface area contributed by atoms with Crippen molar-refractivity contribution >= 4 is 38.6 Å². The monoisotopic (exact) mass is 572 g/mol. The van der Waals surface area contributed by atoms with Crippen LogP contribution in [0, 0.1) is 5.82 Å². The number of nitrogens with zero attached hydrogens (tertiary/aromatic N) is 1. The largest absolute Gasteiger partial charge is 0.478 e. The van der Waals surface area contributed by atoms with Crippen LogP contribution in [0.3, 0.4) is 0 Å². The van der Waals surface area contributed by atoms with Gasteiger partial charge in [0.25, 0.3) is 5.91 Å². The number of aromatic carboxylic acids is 1. The predicted molar refractivity (Wildman–Crippen MR) is 155 cm³/mol. The highest BCUT2D eigenvalue weighted by molar-refractivity contribution is 7.92. The molecule has 10 heteroatoms. The van der Waals surface area contributed by atoms with Crippen molar-refractivity contribution in [3.8, 4) is 22.5 Å². The Balaban J connectivity index is 1.77. The molecule has 0 aliphatic rings. The molecule has 0 aliphatic carbocycles. The second-order valence-electron chi connectivity index (χ2n) is 9.40. The molecule has 41 heavy (non-hydrogen) atoms. The molecule has 5 aromatic rings. The van der Waals surface area contributed by atoms with Gasteiger partial charge in [-0.15, -0.1) is 0 Å². The van der Waals surface area contributed by atoms with Gasteiger partial charge in [0.1, 0.15) is 17.2 Å². The van der Waals surface area contributed by atoms with Crippen LogP contribution in [0.4, 0.5) is 10.1 Å². The molecule has 2 N–H and O–H groups in total. The third-order valence-corrected chi connectivity index (χ3v) is 7.77. The number of hydrogen-bond donors (Lipinski definition) is 2. The Labute approximate surface area is 235 Å². The molecule has 0 atom stereocenters. The number of hydrogen-bond acceptors (Lipinski definition) is 5. The molecule has 0 saturated carbocycles. The quantitative estimate of drug-likeness (QED) is 0.238. The number of carboxylic acids is 1. The lowest BCUT2D eigenvalue weighted by molar-refractivity contribution is 0.0696. The van der Waals surface area contributed by atoms with Crippen molar-refractivity contribution in [2.24, 2.45) is 0 Å². The van der Waals surface area contributed by atoms with Gasteiger partial charge < -0.3 is 14.8 Å². The van der Waals surface area contributed by atoms with Gasteiger partial charge in [-0.3, -0.25) is 9.10 Å². The lowest BCUT2D eigenvalue weighted by Gasteiger charge is -2.25. The second kappa shape index (κ2) is 10.9. The minimum atomic E-state index is -3.87. The molecule has 4 aromatic carbocycles. The fourth-order valence-electron chi connectivity index (χ4n) is 4.64. The number of carbonyl (C=O) groups is 2. The molecule has 1 amide bonds. The first-order valence-electron chi connectivity index (χ1n) is 12.5. The number of carbonyl (C=O) groups excluding carboxylic acids is 1. The number of anilines is 1. The molecule has 0 unspecified atom stereocenters. The van der Waals surface area contributed by atoms with Crippen molar-refractivity contribution in [1.82, 2.24) is 5.32 Å². The minimum Gasteiger partial charge on any atom is -0.478 e. The van der Waals surface area contributed by atoms with E-state index >= 15 is 0 Å². The third kappa shape index (κ3) is 5.55. The molecular weight excluding hydrogens is 547 g/mol. The molecule has 0 bridgehead atoms. The van der Waals surface area contributed by atoms with E-state index in [1.54, 1.807) is 24.3 Å². The van der Waals surface area contributed by atoms with Crippen LogP contribution < -0.4 is 9.62 Å². The summed E-state index contributed by atoms with van der Waals surface area (Å²) < 4.78 is 47.5. The maximum Gasteiger partial charge on any atom is 0.335 e. The van der Waals surface area contributed by atoms with Crippen LogP contribution >= 0.6 is 0 Å². The van der Waals surface area contributed by atoms with E-state index in [0.29, 0.717) is 33.3 Å². The van der Waals surface area contributed by atoms with Gasteiger partial charge in [-0.1, -0.05) is 42.5 Å². The number of amides is 1. The van der Waals surface area contributed by atoms with Crippen LogP contribution in [-0.2, 0) is 16.6 Å². The van der Waals surface area contributed by atoms with Gasteiger partial charge in [0.05, 0.1) is 29.6 Å². The van der Waals surface area contributed by atoms with Crippen molar-refractivity contribution in [2.75, 3.05) is 17.6 Å². The summed E-state index contributed by atoms with van der Waals surface area (Å²) in [5.74, 6) is -1.74.